The van der Waals surface area contributed by atoms with E-state index < -0.39 is 44.5 Å². The fourth-order valence-corrected chi connectivity index (χ4v) is 3.21. The van der Waals surface area contributed by atoms with Crippen LogP contribution in [0, 0.1) is 0 Å². The summed E-state index contributed by atoms with van der Waals surface area (Å²) >= 11 is 0. The summed E-state index contributed by atoms with van der Waals surface area (Å²) in [5, 5.41) is 19.8. The highest BCUT2D eigenvalue weighted by Crippen LogP contribution is 2.47. The van der Waals surface area contributed by atoms with Crippen LogP contribution in [0.15, 0.2) is 11.1 Å². The molecule has 0 radical (unpaired) electrons. The molecule has 1 aliphatic heterocycles. The Kier molecular flexibility index (Phi) is 4.64. The van der Waals surface area contributed by atoms with E-state index in [1.807, 2.05) is 0 Å². The van der Waals surface area contributed by atoms with Crippen LogP contribution < -0.4 is 11.3 Å². The first-order valence-electron chi connectivity index (χ1n) is 7.01. The minimum atomic E-state index is -4.44. The van der Waals surface area contributed by atoms with Crippen molar-refractivity contribution >= 4 is 24.9 Å². The third kappa shape index (κ3) is 3.18. The molecule has 14 heteroatoms. The number of phosphoric ester groups is 1. The molecule has 0 saturated carbocycles. The minimum Gasteiger partial charge on any atom is -0.394 e. The quantitative estimate of drug-likeness (QED) is 0.364. The molecule has 3 rings (SSSR count). The molecule has 1 aliphatic rings. The van der Waals surface area contributed by atoms with Gasteiger partial charge < -0.3 is 25.6 Å². The maximum Gasteiger partial charge on any atom is 0.472 e. The van der Waals surface area contributed by atoms with Gasteiger partial charge in [-0.1, -0.05) is 0 Å². The molecule has 138 valence electrons. The van der Waals surface area contributed by atoms with Crippen molar-refractivity contribution in [3.8, 4) is 0 Å². The van der Waals surface area contributed by atoms with Gasteiger partial charge in [-0.25, -0.2) is 9.55 Å². The normalized spacial score (nSPS) is 29.1. The fourth-order valence-electron chi connectivity index (χ4n) is 2.55. The molecule has 0 spiro atoms. The predicted octanol–water partition coefficient (Wildman–Crippen LogP) is -1.92. The molecule has 5 atom stereocenters. The largest absolute Gasteiger partial charge is 0.472 e. The minimum absolute atomic E-state index is 0.0292. The summed E-state index contributed by atoms with van der Waals surface area (Å²) in [6.45, 7) is -0.606. The topological polar surface area (TPSA) is 195 Å². The SMILES string of the molecule is COP(=O)(O)O[C@H]1[C@@H](O)[C@H](n2cnc3c(=O)[nH]c(N)nc32)O[C@@H]1CO. The Balaban J connectivity index is 1.99. The van der Waals surface area contributed by atoms with Crippen molar-refractivity contribution in [3.05, 3.63) is 16.7 Å². The number of hydrogen-bond acceptors (Lipinski definition) is 10. The lowest BCUT2D eigenvalue weighted by molar-refractivity contribution is -0.0510. The van der Waals surface area contributed by atoms with Crippen molar-refractivity contribution in [2.24, 2.45) is 0 Å². The third-order valence-electron chi connectivity index (χ3n) is 3.70. The summed E-state index contributed by atoms with van der Waals surface area (Å²) in [5.41, 5.74) is 4.91. The second-order valence-corrected chi connectivity index (χ2v) is 6.75. The van der Waals surface area contributed by atoms with E-state index in [-0.39, 0.29) is 17.1 Å². The molecule has 0 aliphatic carbocycles. The number of aromatic amines is 1. The number of imidazole rings is 1. The van der Waals surface area contributed by atoms with Crippen LogP contribution in [-0.4, -0.2) is 66.7 Å². The number of aliphatic hydroxyl groups is 2. The van der Waals surface area contributed by atoms with Crippen LogP contribution in [0.25, 0.3) is 11.2 Å². The van der Waals surface area contributed by atoms with Crippen LogP contribution >= 0.6 is 7.82 Å². The Labute approximate surface area is 139 Å². The number of rotatable bonds is 5. The van der Waals surface area contributed by atoms with E-state index in [2.05, 4.69) is 19.5 Å². The van der Waals surface area contributed by atoms with Gasteiger partial charge in [-0.2, -0.15) is 4.98 Å². The first-order chi connectivity index (χ1) is 11.8. The van der Waals surface area contributed by atoms with Crippen molar-refractivity contribution < 1.29 is 33.5 Å². The van der Waals surface area contributed by atoms with Crippen LogP contribution in [0.4, 0.5) is 5.95 Å². The fraction of sp³-hybridized carbons (Fsp3) is 0.545. The Hall–Kier alpha value is -1.86. The number of H-pyrrole nitrogens is 1. The number of fused-ring (bicyclic) bond motifs is 1. The van der Waals surface area contributed by atoms with Gasteiger partial charge >= 0.3 is 7.82 Å². The van der Waals surface area contributed by atoms with Crippen LogP contribution in [0.2, 0.25) is 0 Å². The summed E-state index contributed by atoms with van der Waals surface area (Å²) in [7, 11) is -3.49. The zero-order valence-corrected chi connectivity index (χ0v) is 13.7. The maximum atomic E-state index is 11.8. The lowest BCUT2D eigenvalue weighted by atomic mass is 10.1. The van der Waals surface area contributed by atoms with Crippen LogP contribution in [-0.2, 0) is 18.3 Å². The summed E-state index contributed by atoms with van der Waals surface area (Å²) in [4.78, 5) is 31.4. The zero-order valence-electron chi connectivity index (χ0n) is 12.8. The average molecular weight is 377 g/mol. The molecule has 2 aromatic heterocycles. The van der Waals surface area contributed by atoms with E-state index in [1.54, 1.807) is 0 Å². The lowest BCUT2D eigenvalue weighted by Gasteiger charge is -2.21. The maximum absolute atomic E-state index is 11.8. The smallest absolute Gasteiger partial charge is 0.394 e. The van der Waals surface area contributed by atoms with Crippen molar-refractivity contribution in [1.82, 2.24) is 19.5 Å². The number of hydrogen-bond donors (Lipinski definition) is 5. The molecule has 1 unspecified atom stereocenters. The first kappa shape index (κ1) is 17.9. The molecule has 1 fully saturated rings. The van der Waals surface area contributed by atoms with Crippen molar-refractivity contribution in [2.75, 3.05) is 19.5 Å². The summed E-state index contributed by atoms with van der Waals surface area (Å²) in [5.74, 6) is -0.169. The Morgan fingerprint density at radius 2 is 2.28 bits per heavy atom. The lowest BCUT2D eigenvalue weighted by Crippen LogP contribution is -2.35. The Morgan fingerprint density at radius 1 is 1.56 bits per heavy atom. The number of nitrogens with two attached hydrogens (primary N) is 1. The van der Waals surface area contributed by atoms with Gasteiger partial charge in [0.1, 0.15) is 18.3 Å². The second-order valence-electron chi connectivity index (χ2n) is 5.23. The standard InChI is InChI=1S/C11H16N5O8P/c1-22-25(20,21)24-7-4(2-17)23-10(6(7)18)16-3-13-5-8(16)14-11(12)15-9(5)19/h3-4,6-7,10,17-18H,2H2,1H3,(H,20,21)(H3,12,14,15,19)/t4-,6-,7-,10-/m1/s1. The van der Waals surface area contributed by atoms with Gasteiger partial charge in [0, 0.05) is 7.11 Å². The number of anilines is 1. The summed E-state index contributed by atoms with van der Waals surface area (Å²) in [6.07, 6.45) is -4.01. The number of aliphatic hydroxyl groups excluding tert-OH is 2. The molecule has 3 heterocycles. The zero-order chi connectivity index (χ0) is 18.4. The molecular weight excluding hydrogens is 361 g/mol. The van der Waals surface area contributed by atoms with E-state index in [0.29, 0.717) is 0 Å². The molecular formula is C11H16N5O8P. The Morgan fingerprint density at radius 3 is 2.92 bits per heavy atom. The third-order valence-corrected chi connectivity index (χ3v) is 4.67. The van der Waals surface area contributed by atoms with Gasteiger partial charge in [-0.15, -0.1) is 0 Å². The number of ether oxygens (including phenoxy) is 1. The molecule has 2 aromatic rings. The number of aromatic nitrogens is 4. The molecule has 0 bridgehead atoms. The van der Waals surface area contributed by atoms with Crippen LogP contribution in [0.5, 0.6) is 0 Å². The van der Waals surface area contributed by atoms with Crippen LogP contribution in [0.1, 0.15) is 6.23 Å². The number of phosphoric acid groups is 1. The summed E-state index contributed by atoms with van der Waals surface area (Å²) in [6, 6.07) is 0. The first-order valence-corrected chi connectivity index (χ1v) is 8.50. The van der Waals surface area contributed by atoms with E-state index in [0.717, 1.165) is 7.11 Å². The Bertz CT molecular complexity index is 883. The van der Waals surface area contributed by atoms with Gasteiger partial charge in [-0.3, -0.25) is 23.4 Å². The molecule has 1 saturated heterocycles. The average Bonchev–Trinajstić information content (AvgIpc) is 3.09. The highest BCUT2D eigenvalue weighted by Gasteiger charge is 2.48. The van der Waals surface area contributed by atoms with Gasteiger partial charge in [0.05, 0.1) is 12.9 Å². The van der Waals surface area contributed by atoms with E-state index in [4.69, 9.17) is 15.0 Å². The van der Waals surface area contributed by atoms with Gasteiger partial charge in [0.15, 0.2) is 17.4 Å². The van der Waals surface area contributed by atoms with Gasteiger partial charge in [0.2, 0.25) is 5.95 Å². The highest BCUT2D eigenvalue weighted by molar-refractivity contribution is 7.47. The number of nitrogen functional groups attached to an aromatic ring is 1. The second kappa shape index (κ2) is 6.46. The predicted molar refractivity (Wildman–Crippen MR) is 81.3 cm³/mol. The number of nitrogens with zero attached hydrogens (tertiary/aromatic N) is 3. The highest BCUT2D eigenvalue weighted by atomic mass is 31.2. The summed E-state index contributed by atoms with van der Waals surface area (Å²) < 4.78 is 27.5. The van der Waals surface area contributed by atoms with Gasteiger partial charge in [-0.05, 0) is 0 Å². The molecule has 0 aromatic carbocycles. The van der Waals surface area contributed by atoms with E-state index in [1.165, 1.54) is 10.9 Å². The monoisotopic (exact) mass is 377 g/mol. The van der Waals surface area contributed by atoms with Gasteiger partial charge in [0.25, 0.3) is 5.56 Å². The molecule has 6 N–H and O–H groups in total. The van der Waals surface area contributed by atoms with Crippen LogP contribution in [0.3, 0.4) is 0 Å². The van der Waals surface area contributed by atoms with E-state index in [9.17, 15) is 24.5 Å². The van der Waals surface area contributed by atoms with Crippen molar-refractivity contribution in [2.45, 2.75) is 24.5 Å². The van der Waals surface area contributed by atoms with E-state index >= 15 is 0 Å². The number of nitrogens with one attached hydrogen (secondary N) is 1. The molecule has 0 amide bonds. The van der Waals surface area contributed by atoms with Crippen molar-refractivity contribution in [1.29, 1.82) is 0 Å². The van der Waals surface area contributed by atoms with Crippen molar-refractivity contribution in [3.63, 3.8) is 0 Å². The molecule has 13 nitrogen and oxygen atoms in total. The molecule has 25 heavy (non-hydrogen) atoms.